The minimum atomic E-state index is -0.549. The molecule has 1 heterocycles. The Labute approximate surface area is 135 Å². The molecule has 1 N–H and O–H groups in total. The highest BCUT2D eigenvalue weighted by Crippen LogP contribution is 2.29. The van der Waals surface area contributed by atoms with Crippen LogP contribution < -0.4 is 4.74 Å². The van der Waals surface area contributed by atoms with E-state index in [0.29, 0.717) is 18.4 Å². The van der Waals surface area contributed by atoms with E-state index in [9.17, 15) is 5.11 Å². The van der Waals surface area contributed by atoms with Crippen molar-refractivity contribution in [1.82, 2.24) is 4.90 Å². The molecule has 1 aliphatic heterocycles. The maximum atomic E-state index is 9.81. The zero-order valence-corrected chi connectivity index (χ0v) is 14.5. The van der Waals surface area contributed by atoms with Crippen molar-refractivity contribution < 1.29 is 14.6 Å². The van der Waals surface area contributed by atoms with Gasteiger partial charge in [0.15, 0.2) is 0 Å². The highest BCUT2D eigenvalue weighted by atomic mass is 79.9. The van der Waals surface area contributed by atoms with Crippen LogP contribution in [0.1, 0.15) is 32.4 Å². The van der Waals surface area contributed by atoms with Crippen molar-refractivity contribution in [3.63, 3.8) is 0 Å². The molecule has 1 aliphatic rings. The summed E-state index contributed by atoms with van der Waals surface area (Å²) in [6.07, 6.45) is -0.477. The summed E-state index contributed by atoms with van der Waals surface area (Å²) in [6.45, 7) is 9.24. The molecule has 5 heteroatoms. The smallest absolute Gasteiger partial charge is 0.126 e. The van der Waals surface area contributed by atoms with Crippen LogP contribution in [0.25, 0.3) is 0 Å². The molecule has 21 heavy (non-hydrogen) atoms. The zero-order valence-electron chi connectivity index (χ0n) is 12.9. The van der Waals surface area contributed by atoms with E-state index in [-0.39, 0.29) is 6.10 Å². The molecular formula is C16H24BrNO3. The number of hydrogen-bond acceptors (Lipinski definition) is 4. The third-order valence-corrected chi connectivity index (χ3v) is 4.24. The molecule has 0 bridgehead atoms. The van der Waals surface area contributed by atoms with Gasteiger partial charge in [-0.15, -0.1) is 0 Å². The van der Waals surface area contributed by atoms with Gasteiger partial charge in [-0.25, -0.2) is 0 Å². The zero-order chi connectivity index (χ0) is 15.4. The van der Waals surface area contributed by atoms with E-state index in [1.54, 1.807) is 6.92 Å². The minimum absolute atomic E-state index is 0.0713. The highest BCUT2D eigenvalue weighted by Gasteiger charge is 2.23. The number of aliphatic hydroxyl groups excluding tert-OH is 1. The SMILES string of the molecule is CC(C)N1CCOC(COc2cc(Br)ccc2[C@@H](C)O)C1. The van der Waals surface area contributed by atoms with Crippen molar-refractivity contribution >= 4 is 15.9 Å². The molecule has 2 atom stereocenters. The summed E-state index contributed by atoms with van der Waals surface area (Å²) in [6, 6.07) is 6.21. The lowest BCUT2D eigenvalue weighted by molar-refractivity contribution is -0.0567. The fourth-order valence-electron chi connectivity index (χ4n) is 2.47. The molecule has 0 radical (unpaired) electrons. The van der Waals surface area contributed by atoms with E-state index in [0.717, 1.165) is 29.7 Å². The van der Waals surface area contributed by atoms with Crippen LogP contribution in [0, 0.1) is 0 Å². The van der Waals surface area contributed by atoms with Gasteiger partial charge in [0.05, 0.1) is 12.7 Å². The van der Waals surface area contributed by atoms with E-state index >= 15 is 0 Å². The third kappa shape index (κ3) is 4.68. The summed E-state index contributed by atoms with van der Waals surface area (Å²) < 4.78 is 12.6. The Hall–Kier alpha value is -0.620. The van der Waals surface area contributed by atoms with Crippen molar-refractivity contribution in [1.29, 1.82) is 0 Å². The normalized spacial score (nSPS) is 21.5. The lowest BCUT2D eigenvalue weighted by Crippen LogP contribution is -2.47. The number of morpholine rings is 1. The minimum Gasteiger partial charge on any atom is -0.490 e. The number of nitrogens with zero attached hydrogens (tertiary/aromatic N) is 1. The number of halogens is 1. The van der Waals surface area contributed by atoms with Crippen molar-refractivity contribution in [2.45, 2.75) is 39.0 Å². The first kappa shape index (κ1) is 16.7. The number of ether oxygens (including phenoxy) is 2. The molecule has 4 nitrogen and oxygen atoms in total. The Morgan fingerprint density at radius 3 is 2.86 bits per heavy atom. The summed E-state index contributed by atoms with van der Waals surface area (Å²) in [4.78, 5) is 2.40. The monoisotopic (exact) mass is 357 g/mol. The molecular weight excluding hydrogens is 334 g/mol. The van der Waals surface area contributed by atoms with Crippen LogP contribution in [0.3, 0.4) is 0 Å². The number of hydrogen-bond donors (Lipinski definition) is 1. The first-order valence-corrected chi connectivity index (χ1v) is 8.22. The number of benzene rings is 1. The lowest BCUT2D eigenvalue weighted by Gasteiger charge is -2.35. The molecule has 1 unspecified atom stereocenters. The van der Waals surface area contributed by atoms with Crippen molar-refractivity contribution in [2.75, 3.05) is 26.3 Å². The Morgan fingerprint density at radius 1 is 1.43 bits per heavy atom. The highest BCUT2D eigenvalue weighted by molar-refractivity contribution is 9.10. The van der Waals surface area contributed by atoms with E-state index in [2.05, 4.69) is 34.7 Å². The number of rotatable bonds is 5. The summed E-state index contributed by atoms with van der Waals surface area (Å²) in [5.74, 6) is 0.713. The predicted octanol–water partition coefficient (Wildman–Crippen LogP) is 2.99. The van der Waals surface area contributed by atoms with Crippen molar-refractivity contribution in [3.8, 4) is 5.75 Å². The summed E-state index contributed by atoms with van der Waals surface area (Å²) in [5, 5.41) is 9.81. The Balaban J connectivity index is 1.98. The van der Waals surface area contributed by atoms with Gasteiger partial charge in [0.25, 0.3) is 0 Å². The van der Waals surface area contributed by atoms with E-state index < -0.39 is 6.10 Å². The van der Waals surface area contributed by atoms with E-state index in [4.69, 9.17) is 9.47 Å². The molecule has 1 aromatic carbocycles. The van der Waals surface area contributed by atoms with Gasteiger partial charge in [0, 0.05) is 29.2 Å². The second-order valence-corrected chi connectivity index (χ2v) is 6.67. The maximum Gasteiger partial charge on any atom is 0.126 e. The molecule has 0 spiro atoms. The first-order valence-electron chi connectivity index (χ1n) is 7.43. The molecule has 118 valence electrons. The quantitative estimate of drug-likeness (QED) is 0.879. The van der Waals surface area contributed by atoms with Gasteiger partial charge < -0.3 is 14.6 Å². The Bertz CT molecular complexity index is 465. The van der Waals surface area contributed by atoms with Gasteiger partial charge >= 0.3 is 0 Å². The average Bonchev–Trinajstić information content (AvgIpc) is 2.45. The second-order valence-electron chi connectivity index (χ2n) is 5.75. The van der Waals surface area contributed by atoms with Gasteiger partial charge in [-0.1, -0.05) is 22.0 Å². The molecule has 2 rings (SSSR count). The fraction of sp³-hybridized carbons (Fsp3) is 0.625. The average molecular weight is 358 g/mol. The Kier molecular flexibility index (Phi) is 6.05. The van der Waals surface area contributed by atoms with Gasteiger partial charge in [-0.2, -0.15) is 0 Å². The van der Waals surface area contributed by atoms with Gasteiger partial charge in [0.2, 0.25) is 0 Å². The Morgan fingerprint density at radius 2 is 2.19 bits per heavy atom. The lowest BCUT2D eigenvalue weighted by atomic mass is 10.1. The standard InChI is InChI=1S/C16H24BrNO3/c1-11(2)18-6-7-20-14(9-18)10-21-16-8-13(17)4-5-15(16)12(3)19/h4-5,8,11-12,14,19H,6-7,9-10H2,1-3H3/t12-,14?/m1/s1. The van der Waals surface area contributed by atoms with Gasteiger partial charge in [0.1, 0.15) is 18.5 Å². The largest absolute Gasteiger partial charge is 0.490 e. The van der Waals surface area contributed by atoms with Crippen LogP contribution in [0.5, 0.6) is 5.75 Å². The van der Waals surface area contributed by atoms with E-state index in [1.165, 1.54) is 0 Å². The topological polar surface area (TPSA) is 41.9 Å². The summed E-state index contributed by atoms with van der Waals surface area (Å²) in [7, 11) is 0. The van der Waals surface area contributed by atoms with Crippen LogP contribution in [0.15, 0.2) is 22.7 Å². The van der Waals surface area contributed by atoms with Crippen LogP contribution in [0.2, 0.25) is 0 Å². The van der Waals surface area contributed by atoms with Crippen LogP contribution in [-0.2, 0) is 4.74 Å². The third-order valence-electron chi connectivity index (χ3n) is 3.75. The van der Waals surface area contributed by atoms with Crippen LogP contribution >= 0.6 is 15.9 Å². The van der Waals surface area contributed by atoms with E-state index in [1.807, 2.05) is 18.2 Å². The molecule has 0 aromatic heterocycles. The van der Waals surface area contributed by atoms with Crippen molar-refractivity contribution in [3.05, 3.63) is 28.2 Å². The predicted molar refractivity (Wildman–Crippen MR) is 86.7 cm³/mol. The van der Waals surface area contributed by atoms with Gasteiger partial charge in [-0.05, 0) is 32.9 Å². The van der Waals surface area contributed by atoms with Gasteiger partial charge in [-0.3, -0.25) is 4.90 Å². The fourth-order valence-corrected chi connectivity index (χ4v) is 2.81. The number of aliphatic hydroxyl groups is 1. The molecule has 0 saturated carbocycles. The molecule has 1 fully saturated rings. The molecule has 1 aromatic rings. The second kappa shape index (κ2) is 7.58. The first-order chi connectivity index (χ1) is 9.97. The van der Waals surface area contributed by atoms with Crippen LogP contribution in [0.4, 0.5) is 0 Å². The molecule has 0 aliphatic carbocycles. The summed E-state index contributed by atoms with van der Waals surface area (Å²) >= 11 is 3.44. The summed E-state index contributed by atoms with van der Waals surface area (Å²) in [5.41, 5.74) is 0.801. The molecule has 0 amide bonds. The van der Waals surface area contributed by atoms with Crippen LogP contribution in [-0.4, -0.2) is 48.5 Å². The molecule has 1 saturated heterocycles. The van der Waals surface area contributed by atoms with Crippen molar-refractivity contribution in [2.24, 2.45) is 0 Å². The maximum absolute atomic E-state index is 9.81.